The van der Waals surface area contributed by atoms with E-state index >= 15 is 0 Å². The Morgan fingerprint density at radius 1 is 1.04 bits per heavy atom. The molecular weight excluding hydrogens is 332 g/mol. The number of carbonyl (C=O) groups excluding carboxylic acids is 2. The number of amides is 2. The number of aryl methyl sites for hydroxylation is 2. The highest BCUT2D eigenvalue weighted by Gasteiger charge is 2.22. The molecule has 6 nitrogen and oxygen atoms in total. The van der Waals surface area contributed by atoms with Crippen molar-refractivity contribution in [1.82, 2.24) is 9.80 Å². The molecule has 0 unspecified atom stereocenters. The molecule has 6 heteroatoms. The first-order valence-electron chi connectivity index (χ1n) is 9.57. The van der Waals surface area contributed by atoms with Crippen molar-refractivity contribution in [2.45, 2.75) is 53.4 Å². The number of rotatable bonds is 12. The van der Waals surface area contributed by atoms with Gasteiger partial charge in [0.1, 0.15) is 11.5 Å². The van der Waals surface area contributed by atoms with E-state index in [9.17, 15) is 9.59 Å². The van der Waals surface area contributed by atoms with Crippen molar-refractivity contribution in [3.63, 3.8) is 0 Å². The second-order valence-corrected chi connectivity index (χ2v) is 6.60. The Balaban J connectivity index is 2.77. The Bertz CT molecular complexity index is 562. The summed E-state index contributed by atoms with van der Waals surface area (Å²) in [6, 6.07) is 1.77. The molecule has 0 fully saturated rings. The molecule has 0 aliphatic heterocycles. The lowest BCUT2D eigenvalue weighted by Gasteiger charge is -2.25. The minimum absolute atomic E-state index is 0.0826. The molecule has 0 N–H and O–H groups in total. The Morgan fingerprint density at radius 2 is 1.69 bits per heavy atom. The van der Waals surface area contributed by atoms with Crippen molar-refractivity contribution in [2.24, 2.45) is 0 Å². The van der Waals surface area contributed by atoms with Gasteiger partial charge in [-0.15, -0.1) is 0 Å². The highest BCUT2D eigenvalue weighted by molar-refractivity contribution is 5.95. The molecule has 1 heterocycles. The highest BCUT2D eigenvalue weighted by Crippen LogP contribution is 2.17. The summed E-state index contributed by atoms with van der Waals surface area (Å²) in [6.07, 6.45) is 2.96. The van der Waals surface area contributed by atoms with Crippen LogP contribution in [0.1, 0.15) is 61.4 Å². The number of furan rings is 1. The van der Waals surface area contributed by atoms with Crippen LogP contribution in [0.2, 0.25) is 0 Å². The zero-order chi connectivity index (χ0) is 19.5. The third kappa shape index (κ3) is 6.83. The molecule has 1 rings (SSSR count). The second-order valence-electron chi connectivity index (χ2n) is 6.60. The lowest BCUT2D eigenvalue weighted by molar-refractivity contribution is -0.131. The van der Waals surface area contributed by atoms with E-state index in [1.807, 2.05) is 11.8 Å². The summed E-state index contributed by atoms with van der Waals surface area (Å²) in [4.78, 5) is 29.1. The zero-order valence-corrected chi connectivity index (χ0v) is 17.0. The average Bonchev–Trinajstić information content (AvgIpc) is 2.95. The molecule has 0 spiro atoms. The zero-order valence-electron chi connectivity index (χ0n) is 17.0. The molecule has 0 atom stereocenters. The minimum Gasteiger partial charge on any atom is -0.466 e. The second kappa shape index (κ2) is 11.7. The van der Waals surface area contributed by atoms with Gasteiger partial charge in [-0.3, -0.25) is 9.59 Å². The van der Waals surface area contributed by atoms with Gasteiger partial charge in [0.25, 0.3) is 5.91 Å². The number of nitrogens with zero attached hydrogens (tertiary/aromatic N) is 2. The SMILES string of the molecule is CCCN(CCC)C(=O)CCN(CCCOC)C(=O)c1cc(C)oc1C. The van der Waals surface area contributed by atoms with E-state index in [1.54, 1.807) is 25.0 Å². The number of hydrogen-bond acceptors (Lipinski definition) is 4. The topological polar surface area (TPSA) is 63.0 Å². The Kier molecular flexibility index (Phi) is 10.0. The molecule has 26 heavy (non-hydrogen) atoms. The van der Waals surface area contributed by atoms with Crippen LogP contribution >= 0.6 is 0 Å². The molecule has 0 bridgehead atoms. The van der Waals surface area contributed by atoms with Crippen molar-refractivity contribution in [3.05, 3.63) is 23.2 Å². The first-order valence-corrected chi connectivity index (χ1v) is 9.57. The van der Waals surface area contributed by atoms with Crippen LogP contribution in [0.3, 0.4) is 0 Å². The largest absolute Gasteiger partial charge is 0.466 e. The smallest absolute Gasteiger partial charge is 0.257 e. The predicted octanol–water partition coefficient (Wildman–Crippen LogP) is 3.41. The van der Waals surface area contributed by atoms with E-state index in [2.05, 4.69) is 13.8 Å². The maximum absolute atomic E-state index is 12.9. The van der Waals surface area contributed by atoms with Gasteiger partial charge < -0.3 is 19.0 Å². The van der Waals surface area contributed by atoms with Crippen molar-refractivity contribution in [3.8, 4) is 0 Å². The number of methoxy groups -OCH3 is 1. The maximum Gasteiger partial charge on any atom is 0.257 e. The Labute approximate surface area is 157 Å². The molecule has 148 valence electrons. The first-order chi connectivity index (χ1) is 12.4. The normalized spacial score (nSPS) is 10.8. The van der Waals surface area contributed by atoms with Gasteiger partial charge in [-0.25, -0.2) is 0 Å². The van der Waals surface area contributed by atoms with Crippen LogP contribution in [0, 0.1) is 13.8 Å². The van der Waals surface area contributed by atoms with Gasteiger partial charge in [0.2, 0.25) is 5.91 Å². The van der Waals surface area contributed by atoms with Crippen LogP contribution in [0.5, 0.6) is 0 Å². The van der Waals surface area contributed by atoms with Crippen molar-refractivity contribution in [2.75, 3.05) is 39.9 Å². The van der Waals surface area contributed by atoms with Crippen molar-refractivity contribution >= 4 is 11.8 Å². The lowest BCUT2D eigenvalue weighted by atomic mass is 10.2. The monoisotopic (exact) mass is 366 g/mol. The van der Waals surface area contributed by atoms with Crippen molar-refractivity contribution < 1.29 is 18.7 Å². The fraction of sp³-hybridized carbons (Fsp3) is 0.700. The minimum atomic E-state index is -0.0826. The number of hydrogen-bond donors (Lipinski definition) is 0. The summed E-state index contributed by atoms with van der Waals surface area (Å²) < 4.78 is 10.6. The van der Waals surface area contributed by atoms with Crippen molar-refractivity contribution in [1.29, 1.82) is 0 Å². The average molecular weight is 367 g/mol. The Morgan fingerprint density at radius 3 is 2.19 bits per heavy atom. The quantitative estimate of drug-likeness (QED) is 0.532. The van der Waals surface area contributed by atoms with Gasteiger partial charge in [0, 0.05) is 46.3 Å². The van der Waals surface area contributed by atoms with E-state index in [0.717, 1.165) is 38.1 Å². The van der Waals surface area contributed by atoms with Gasteiger partial charge in [-0.2, -0.15) is 0 Å². The van der Waals surface area contributed by atoms with Crippen LogP contribution in [-0.2, 0) is 9.53 Å². The molecule has 1 aromatic heterocycles. The number of carbonyl (C=O) groups is 2. The van der Waals surface area contributed by atoms with Gasteiger partial charge in [0.05, 0.1) is 5.56 Å². The molecule has 0 aliphatic carbocycles. The summed E-state index contributed by atoms with van der Waals surface area (Å²) in [6.45, 7) is 10.9. The summed E-state index contributed by atoms with van der Waals surface area (Å²) in [7, 11) is 1.65. The highest BCUT2D eigenvalue weighted by atomic mass is 16.5. The van der Waals surface area contributed by atoms with Crippen LogP contribution in [0.15, 0.2) is 10.5 Å². The van der Waals surface area contributed by atoms with Crippen LogP contribution in [0.25, 0.3) is 0 Å². The van der Waals surface area contributed by atoms with Crippen LogP contribution in [0.4, 0.5) is 0 Å². The molecule has 0 radical (unpaired) electrons. The predicted molar refractivity (Wildman–Crippen MR) is 102 cm³/mol. The van der Waals surface area contributed by atoms with E-state index in [4.69, 9.17) is 9.15 Å². The van der Waals surface area contributed by atoms with E-state index in [0.29, 0.717) is 37.4 Å². The number of ether oxygens (including phenoxy) is 1. The lowest BCUT2D eigenvalue weighted by Crippen LogP contribution is -2.38. The van der Waals surface area contributed by atoms with Gasteiger partial charge in [0.15, 0.2) is 0 Å². The maximum atomic E-state index is 12.9. The fourth-order valence-corrected chi connectivity index (χ4v) is 3.02. The van der Waals surface area contributed by atoms with E-state index in [1.165, 1.54) is 0 Å². The third-order valence-electron chi connectivity index (χ3n) is 4.27. The van der Waals surface area contributed by atoms with Gasteiger partial charge in [-0.05, 0) is 39.2 Å². The Hall–Kier alpha value is -1.82. The first kappa shape index (κ1) is 22.2. The van der Waals surface area contributed by atoms with Gasteiger partial charge >= 0.3 is 0 Å². The third-order valence-corrected chi connectivity index (χ3v) is 4.27. The molecular formula is C20H34N2O4. The van der Waals surface area contributed by atoms with Crippen LogP contribution < -0.4 is 0 Å². The van der Waals surface area contributed by atoms with Gasteiger partial charge in [-0.1, -0.05) is 13.8 Å². The molecule has 0 aromatic carbocycles. The molecule has 0 aliphatic rings. The molecule has 2 amide bonds. The van der Waals surface area contributed by atoms with E-state index in [-0.39, 0.29) is 11.8 Å². The fourth-order valence-electron chi connectivity index (χ4n) is 3.02. The molecule has 0 saturated heterocycles. The summed E-state index contributed by atoms with van der Waals surface area (Å²) >= 11 is 0. The summed E-state index contributed by atoms with van der Waals surface area (Å²) in [5, 5.41) is 0. The molecule has 1 aromatic rings. The summed E-state index contributed by atoms with van der Waals surface area (Å²) in [5.41, 5.74) is 0.575. The summed E-state index contributed by atoms with van der Waals surface area (Å²) in [5.74, 6) is 1.36. The van der Waals surface area contributed by atoms with Crippen LogP contribution in [-0.4, -0.2) is 61.5 Å². The van der Waals surface area contributed by atoms with E-state index < -0.39 is 0 Å². The molecule has 0 saturated carbocycles. The standard InChI is InChI=1S/C20H34N2O4/c1-6-10-21(11-7-2)19(23)9-13-22(12-8-14-25-5)20(24)18-15-16(3)26-17(18)4/h15H,6-14H2,1-5H3.